The Morgan fingerprint density at radius 3 is 2.76 bits per heavy atom. The van der Waals surface area contributed by atoms with Crippen molar-refractivity contribution in [2.45, 2.75) is 39.0 Å². The van der Waals surface area contributed by atoms with Crippen LogP contribution in [0.4, 0.5) is 13.6 Å². The smallest absolute Gasteiger partial charge is 0.410 e. The van der Waals surface area contributed by atoms with Crippen LogP contribution in [0.2, 0.25) is 0 Å². The average molecular weight is 419 g/mol. The topological polar surface area (TPSA) is 42.0 Å². The molecular formula is C17H21BrF2N2O3. The van der Waals surface area contributed by atoms with Gasteiger partial charge in [-0.1, -0.05) is 0 Å². The minimum absolute atomic E-state index is 0.0407. The quantitative estimate of drug-likeness (QED) is 0.604. The predicted molar refractivity (Wildman–Crippen MR) is 91.6 cm³/mol. The highest BCUT2D eigenvalue weighted by Crippen LogP contribution is 2.35. The Kier molecular flexibility index (Phi) is 4.94. The van der Waals surface area contributed by atoms with E-state index in [2.05, 4.69) is 15.9 Å². The molecule has 2 aliphatic rings. The predicted octanol–water partition coefficient (Wildman–Crippen LogP) is 3.54. The van der Waals surface area contributed by atoms with E-state index >= 15 is 0 Å². The van der Waals surface area contributed by atoms with E-state index in [4.69, 9.17) is 9.47 Å². The third-order valence-electron chi connectivity index (χ3n) is 4.26. The van der Waals surface area contributed by atoms with Gasteiger partial charge in [-0.2, -0.15) is 0 Å². The minimum Gasteiger partial charge on any atom is -0.488 e. The number of carbonyl (C=O) groups excluding carboxylic acids is 1. The van der Waals surface area contributed by atoms with E-state index in [0.29, 0.717) is 19.6 Å². The Labute approximate surface area is 154 Å². The number of halogens is 3. The molecule has 1 amide bonds. The summed E-state index contributed by atoms with van der Waals surface area (Å²) < 4.78 is 39.5. The van der Waals surface area contributed by atoms with Gasteiger partial charge in [0.05, 0.1) is 10.5 Å². The van der Waals surface area contributed by atoms with Crippen LogP contribution in [-0.2, 0) is 11.3 Å². The lowest BCUT2D eigenvalue weighted by atomic mass is 10.1. The third-order valence-corrected chi connectivity index (χ3v) is 4.84. The molecule has 3 rings (SSSR count). The van der Waals surface area contributed by atoms with Crippen LogP contribution in [0.1, 0.15) is 26.3 Å². The normalized spacial score (nSPS) is 21.0. The molecule has 25 heavy (non-hydrogen) atoms. The molecule has 0 saturated carbocycles. The van der Waals surface area contributed by atoms with Gasteiger partial charge in [0.15, 0.2) is 11.6 Å². The van der Waals surface area contributed by atoms with Gasteiger partial charge in [0.2, 0.25) is 0 Å². The van der Waals surface area contributed by atoms with Gasteiger partial charge in [-0.15, -0.1) is 0 Å². The van der Waals surface area contributed by atoms with Crippen molar-refractivity contribution < 1.29 is 23.0 Å². The zero-order chi connectivity index (χ0) is 18.4. The van der Waals surface area contributed by atoms with Gasteiger partial charge in [-0.3, -0.25) is 4.90 Å². The summed E-state index contributed by atoms with van der Waals surface area (Å²) in [5, 5.41) is 0. The third kappa shape index (κ3) is 3.89. The Morgan fingerprint density at radius 1 is 1.36 bits per heavy atom. The molecule has 1 saturated heterocycles. The first kappa shape index (κ1) is 18.4. The zero-order valence-corrected chi connectivity index (χ0v) is 16.0. The van der Waals surface area contributed by atoms with Gasteiger partial charge in [0.1, 0.15) is 18.0 Å². The number of nitrogens with zero attached hydrogens (tertiary/aromatic N) is 2. The molecule has 0 bridgehead atoms. The van der Waals surface area contributed by atoms with Crippen molar-refractivity contribution in [3.05, 3.63) is 27.7 Å². The molecule has 0 unspecified atom stereocenters. The minimum atomic E-state index is -0.597. The Bertz CT molecular complexity index is 693. The monoisotopic (exact) mass is 418 g/mol. The number of amides is 1. The Morgan fingerprint density at radius 2 is 2.08 bits per heavy atom. The lowest BCUT2D eigenvalue weighted by molar-refractivity contribution is -0.00173. The molecule has 1 atom stereocenters. The standard InChI is InChI=1S/C17H21BrF2N2O3/c1-17(2,3)25-16(23)22-5-4-21-8-11-13(19)6-12(18)14(20)15(11)24-9-10(21)7-22/h6,10H,4-5,7-9H2,1-3H3/t10-/m1/s1. The highest BCUT2D eigenvalue weighted by atomic mass is 79.9. The second kappa shape index (κ2) is 6.72. The fourth-order valence-electron chi connectivity index (χ4n) is 3.04. The van der Waals surface area contributed by atoms with Crippen molar-refractivity contribution in [2.75, 3.05) is 26.2 Å². The fraction of sp³-hybridized carbons (Fsp3) is 0.588. The zero-order valence-electron chi connectivity index (χ0n) is 14.4. The van der Waals surface area contributed by atoms with E-state index in [1.807, 2.05) is 25.7 Å². The molecule has 0 aliphatic carbocycles. The highest BCUT2D eigenvalue weighted by Gasteiger charge is 2.36. The van der Waals surface area contributed by atoms with Crippen LogP contribution in [0, 0.1) is 11.6 Å². The van der Waals surface area contributed by atoms with Crippen LogP contribution in [0.3, 0.4) is 0 Å². The van der Waals surface area contributed by atoms with Crippen molar-refractivity contribution in [2.24, 2.45) is 0 Å². The number of hydrogen-bond acceptors (Lipinski definition) is 4. The number of benzene rings is 1. The maximum absolute atomic E-state index is 14.3. The summed E-state index contributed by atoms with van der Waals surface area (Å²) >= 11 is 3.01. The van der Waals surface area contributed by atoms with Crippen LogP contribution in [0.5, 0.6) is 5.75 Å². The molecule has 5 nitrogen and oxygen atoms in total. The van der Waals surface area contributed by atoms with Gasteiger partial charge in [0.25, 0.3) is 0 Å². The molecule has 8 heteroatoms. The molecular weight excluding hydrogens is 398 g/mol. The first-order valence-corrected chi connectivity index (χ1v) is 8.96. The number of ether oxygens (including phenoxy) is 2. The Hall–Kier alpha value is -1.41. The molecule has 1 aromatic rings. The number of fused-ring (bicyclic) bond motifs is 2. The summed E-state index contributed by atoms with van der Waals surface area (Å²) in [6.45, 7) is 7.29. The average Bonchev–Trinajstić information content (AvgIpc) is 2.70. The summed E-state index contributed by atoms with van der Waals surface area (Å²) in [6, 6.07) is 0.973. The maximum atomic E-state index is 14.3. The van der Waals surface area contributed by atoms with Crippen LogP contribution < -0.4 is 4.74 Å². The SMILES string of the molecule is CC(C)(C)OC(=O)N1CCN2Cc3c(F)cc(Br)c(F)c3OC[C@H]2C1. The van der Waals surface area contributed by atoms with Crippen molar-refractivity contribution in [3.8, 4) is 5.75 Å². The van der Waals surface area contributed by atoms with Crippen LogP contribution in [0.25, 0.3) is 0 Å². The summed E-state index contributed by atoms with van der Waals surface area (Å²) in [5.74, 6) is -1.15. The fourth-order valence-corrected chi connectivity index (χ4v) is 3.42. The van der Waals surface area contributed by atoms with Gasteiger partial charge in [-0.05, 0) is 42.8 Å². The summed E-state index contributed by atoms with van der Waals surface area (Å²) in [4.78, 5) is 15.9. The van der Waals surface area contributed by atoms with Gasteiger partial charge < -0.3 is 14.4 Å². The molecule has 0 N–H and O–H groups in total. The lowest BCUT2D eigenvalue weighted by Crippen LogP contribution is -2.56. The number of hydrogen-bond donors (Lipinski definition) is 0. The molecule has 2 heterocycles. The molecule has 1 aromatic carbocycles. The molecule has 0 radical (unpaired) electrons. The number of rotatable bonds is 0. The van der Waals surface area contributed by atoms with Gasteiger partial charge in [0, 0.05) is 31.7 Å². The molecule has 138 valence electrons. The number of carbonyl (C=O) groups is 1. The summed E-state index contributed by atoms with van der Waals surface area (Å²) in [6.07, 6.45) is -0.381. The molecule has 0 aromatic heterocycles. The van der Waals surface area contributed by atoms with Crippen LogP contribution in [-0.4, -0.2) is 53.8 Å². The van der Waals surface area contributed by atoms with Gasteiger partial charge >= 0.3 is 6.09 Å². The second-order valence-corrected chi connectivity index (χ2v) is 8.18. The largest absolute Gasteiger partial charge is 0.488 e. The molecule has 1 fully saturated rings. The van der Waals surface area contributed by atoms with Crippen LogP contribution >= 0.6 is 15.9 Å². The number of piperazine rings is 1. The van der Waals surface area contributed by atoms with Crippen molar-refractivity contribution >= 4 is 22.0 Å². The van der Waals surface area contributed by atoms with Crippen molar-refractivity contribution in [1.29, 1.82) is 0 Å². The summed E-state index contributed by atoms with van der Waals surface area (Å²) in [5.41, 5.74) is -0.350. The maximum Gasteiger partial charge on any atom is 0.410 e. The van der Waals surface area contributed by atoms with E-state index in [0.717, 1.165) is 6.07 Å². The second-order valence-electron chi connectivity index (χ2n) is 7.32. The van der Waals surface area contributed by atoms with E-state index in [9.17, 15) is 13.6 Å². The highest BCUT2D eigenvalue weighted by molar-refractivity contribution is 9.10. The Balaban J connectivity index is 1.76. The van der Waals surface area contributed by atoms with Crippen LogP contribution in [0.15, 0.2) is 10.5 Å². The van der Waals surface area contributed by atoms with E-state index in [1.165, 1.54) is 0 Å². The summed E-state index contributed by atoms with van der Waals surface area (Å²) in [7, 11) is 0. The van der Waals surface area contributed by atoms with Gasteiger partial charge in [-0.25, -0.2) is 13.6 Å². The van der Waals surface area contributed by atoms with E-state index in [-0.39, 0.29) is 41.1 Å². The van der Waals surface area contributed by atoms with Crippen molar-refractivity contribution in [1.82, 2.24) is 9.80 Å². The van der Waals surface area contributed by atoms with Crippen molar-refractivity contribution in [3.63, 3.8) is 0 Å². The molecule has 0 spiro atoms. The lowest BCUT2D eigenvalue weighted by Gasteiger charge is -2.40. The first-order chi connectivity index (χ1) is 11.7. The van der Waals surface area contributed by atoms with E-state index in [1.54, 1.807) is 4.90 Å². The molecule has 2 aliphatic heterocycles. The first-order valence-electron chi connectivity index (χ1n) is 8.17. The van der Waals surface area contributed by atoms with E-state index < -0.39 is 17.2 Å².